The molecule has 2 aromatic rings. The quantitative estimate of drug-likeness (QED) is 0.850. The Kier molecular flexibility index (Phi) is 5.62. The average Bonchev–Trinajstić information content (AvgIpc) is 2.59. The van der Waals surface area contributed by atoms with Crippen molar-refractivity contribution in [1.29, 1.82) is 0 Å². The van der Waals surface area contributed by atoms with E-state index < -0.39 is 0 Å². The van der Waals surface area contributed by atoms with Crippen molar-refractivity contribution >= 4 is 5.69 Å². The summed E-state index contributed by atoms with van der Waals surface area (Å²) in [5, 5.41) is 7.47. The molecular weight excluding hydrogens is 294 g/mol. The third kappa shape index (κ3) is 3.64. The molecule has 6 heteroatoms. The van der Waals surface area contributed by atoms with Crippen LogP contribution in [0.15, 0.2) is 29.2 Å². The molecule has 0 amide bonds. The van der Waals surface area contributed by atoms with Crippen LogP contribution in [0.5, 0.6) is 11.5 Å². The Balaban J connectivity index is 2.24. The van der Waals surface area contributed by atoms with Crippen molar-refractivity contribution in [3.63, 3.8) is 0 Å². The molecule has 0 saturated carbocycles. The van der Waals surface area contributed by atoms with Gasteiger partial charge in [0.05, 0.1) is 26.1 Å². The van der Waals surface area contributed by atoms with Crippen LogP contribution in [0.25, 0.3) is 0 Å². The highest BCUT2D eigenvalue weighted by molar-refractivity contribution is 5.50. The van der Waals surface area contributed by atoms with Crippen LogP contribution in [0.3, 0.4) is 0 Å². The first kappa shape index (κ1) is 16.9. The molecule has 0 bridgehead atoms. The second-order valence-corrected chi connectivity index (χ2v) is 5.04. The normalized spacial score (nSPS) is 10.4. The summed E-state index contributed by atoms with van der Waals surface area (Å²) in [5.74, 6) is 1.48. The van der Waals surface area contributed by atoms with Crippen molar-refractivity contribution in [2.75, 3.05) is 19.5 Å². The minimum Gasteiger partial charge on any atom is -0.497 e. The zero-order valence-electron chi connectivity index (χ0n) is 14.0. The molecule has 0 spiro atoms. The summed E-state index contributed by atoms with van der Waals surface area (Å²) < 4.78 is 12.1. The number of hydrogen-bond donors (Lipinski definition) is 1. The van der Waals surface area contributed by atoms with Gasteiger partial charge in [-0.2, -0.15) is 5.10 Å². The summed E-state index contributed by atoms with van der Waals surface area (Å²) >= 11 is 0. The smallest absolute Gasteiger partial charge is 0.271 e. The Hall–Kier alpha value is -2.50. The van der Waals surface area contributed by atoms with Crippen molar-refractivity contribution in [3.05, 3.63) is 45.9 Å². The maximum absolute atomic E-state index is 12.3. The lowest BCUT2D eigenvalue weighted by molar-refractivity contribution is 0.391. The van der Waals surface area contributed by atoms with Gasteiger partial charge < -0.3 is 14.8 Å². The molecule has 1 N–H and O–H groups in total. The summed E-state index contributed by atoms with van der Waals surface area (Å²) in [6, 6.07) is 5.66. The molecule has 124 valence electrons. The van der Waals surface area contributed by atoms with E-state index in [0.717, 1.165) is 28.3 Å². The highest BCUT2D eigenvalue weighted by atomic mass is 16.5. The van der Waals surface area contributed by atoms with Gasteiger partial charge in [0, 0.05) is 30.3 Å². The van der Waals surface area contributed by atoms with Crippen LogP contribution in [0, 0.1) is 0 Å². The topological polar surface area (TPSA) is 65.4 Å². The van der Waals surface area contributed by atoms with E-state index in [9.17, 15) is 4.79 Å². The summed E-state index contributed by atoms with van der Waals surface area (Å²) in [7, 11) is 3.24. The number of ether oxygens (including phenoxy) is 2. The zero-order chi connectivity index (χ0) is 16.8. The van der Waals surface area contributed by atoms with E-state index in [2.05, 4.69) is 10.4 Å². The molecule has 0 atom stereocenters. The van der Waals surface area contributed by atoms with Gasteiger partial charge in [-0.05, 0) is 25.5 Å². The minimum atomic E-state index is -0.0401. The largest absolute Gasteiger partial charge is 0.497 e. The predicted molar refractivity (Wildman–Crippen MR) is 90.4 cm³/mol. The fourth-order valence-corrected chi connectivity index (χ4v) is 2.44. The van der Waals surface area contributed by atoms with Crippen molar-refractivity contribution in [2.45, 2.75) is 33.4 Å². The van der Waals surface area contributed by atoms with Gasteiger partial charge in [-0.3, -0.25) is 4.79 Å². The summed E-state index contributed by atoms with van der Waals surface area (Å²) in [4.78, 5) is 12.3. The van der Waals surface area contributed by atoms with E-state index in [-0.39, 0.29) is 5.56 Å². The molecule has 0 fully saturated rings. The number of benzene rings is 1. The number of aromatic nitrogens is 2. The van der Waals surface area contributed by atoms with Crippen molar-refractivity contribution in [2.24, 2.45) is 0 Å². The number of aryl methyl sites for hydroxylation is 1. The van der Waals surface area contributed by atoms with Crippen LogP contribution in [0.1, 0.15) is 25.0 Å². The van der Waals surface area contributed by atoms with Crippen molar-refractivity contribution in [1.82, 2.24) is 9.78 Å². The zero-order valence-corrected chi connectivity index (χ0v) is 14.0. The lowest BCUT2D eigenvalue weighted by Crippen LogP contribution is -2.26. The van der Waals surface area contributed by atoms with E-state index in [0.29, 0.717) is 19.5 Å². The van der Waals surface area contributed by atoms with Crippen molar-refractivity contribution in [3.8, 4) is 11.5 Å². The number of rotatable bonds is 7. The Morgan fingerprint density at radius 2 is 2.00 bits per heavy atom. The van der Waals surface area contributed by atoms with Crippen LogP contribution in [0.2, 0.25) is 0 Å². The maximum atomic E-state index is 12.3. The highest BCUT2D eigenvalue weighted by Gasteiger charge is 2.10. The summed E-state index contributed by atoms with van der Waals surface area (Å²) in [6.45, 7) is 4.98. The summed E-state index contributed by atoms with van der Waals surface area (Å²) in [6.07, 6.45) is 2.36. The second kappa shape index (κ2) is 7.67. The van der Waals surface area contributed by atoms with Crippen LogP contribution in [0.4, 0.5) is 5.69 Å². The maximum Gasteiger partial charge on any atom is 0.271 e. The van der Waals surface area contributed by atoms with Crippen LogP contribution in [-0.4, -0.2) is 24.0 Å². The number of methoxy groups -OCH3 is 2. The van der Waals surface area contributed by atoms with Gasteiger partial charge in [0.1, 0.15) is 11.5 Å². The molecule has 23 heavy (non-hydrogen) atoms. The van der Waals surface area contributed by atoms with Crippen molar-refractivity contribution < 1.29 is 9.47 Å². The third-order valence-corrected chi connectivity index (χ3v) is 3.76. The standard InChI is InChI=1S/C17H23N3O3/c1-5-14-15(11-19-20(6-2)17(14)21)18-10-12-7-8-13(22-3)9-16(12)23-4/h7-9,11,18H,5-6,10H2,1-4H3. The minimum absolute atomic E-state index is 0.0401. The lowest BCUT2D eigenvalue weighted by atomic mass is 10.1. The fourth-order valence-electron chi connectivity index (χ4n) is 2.44. The molecular formula is C17H23N3O3. The van der Waals surface area contributed by atoms with Gasteiger partial charge in [-0.1, -0.05) is 6.92 Å². The van der Waals surface area contributed by atoms with Gasteiger partial charge in [-0.25, -0.2) is 4.68 Å². The molecule has 1 heterocycles. The Morgan fingerprint density at radius 3 is 2.61 bits per heavy atom. The van der Waals surface area contributed by atoms with Gasteiger partial charge in [0.15, 0.2) is 0 Å². The van der Waals surface area contributed by atoms with E-state index in [1.807, 2.05) is 32.0 Å². The molecule has 2 rings (SSSR count). The van der Waals surface area contributed by atoms with Gasteiger partial charge >= 0.3 is 0 Å². The average molecular weight is 317 g/mol. The van der Waals surface area contributed by atoms with Crippen LogP contribution >= 0.6 is 0 Å². The van der Waals surface area contributed by atoms with E-state index in [1.54, 1.807) is 20.4 Å². The number of anilines is 1. The second-order valence-electron chi connectivity index (χ2n) is 5.04. The molecule has 0 radical (unpaired) electrons. The monoisotopic (exact) mass is 317 g/mol. The molecule has 1 aromatic carbocycles. The molecule has 0 aliphatic heterocycles. The Labute approximate surface area is 136 Å². The van der Waals surface area contributed by atoms with E-state index in [1.165, 1.54) is 4.68 Å². The van der Waals surface area contributed by atoms with E-state index >= 15 is 0 Å². The SMILES string of the molecule is CCc1c(NCc2ccc(OC)cc2OC)cnn(CC)c1=O. The van der Waals surface area contributed by atoms with Crippen LogP contribution in [-0.2, 0) is 19.5 Å². The molecule has 0 saturated heterocycles. The van der Waals surface area contributed by atoms with Crippen LogP contribution < -0.4 is 20.3 Å². The molecule has 0 aliphatic carbocycles. The third-order valence-electron chi connectivity index (χ3n) is 3.76. The fraction of sp³-hybridized carbons (Fsp3) is 0.412. The first-order valence-electron chi connectivity index (χ1n) is 7.68. The molecule has 0 aliphatic rings. The highest BCUT2D eigenvalue weighted by Crippen LogP contribution is 2.25. The number of nitrogens with zero attached hydrogens (tertiary/aromatic N) is 2. The first-order valence-corrected chi connectivity index (χ1v) is 7.68. The van der Waals surface area contributed by atoms with Gasteiger partial charge in [0.2, 0.25) is 0 Å². The molecule has 0 unspecified atom stereocenters. The first-order chi connectivity index (χ1) is 11.1. The van der Waals surface area contributed by atoms with Gasteiger partial charge in [0.25, 0.3) is 5.56 Å². The number of hydrogen-bond acceptors (Lipinski definition) is 5. The molecule has 1 aromatic heterocycles. The predicted octanol–water partition coefficient (Wildman–Crippen LogP) is 2.45. The number of nitrogens with one attached hydrogen (secondary N) is 1. The molecule has 6 nitrogen and oxygen atoms in total. The summed E-state index contributed by atoms with van der Waals surface area (Å²) in [5.41, 5.74) is 2.45. The van der Waals surface area contributed by atoms with Gasteiger partial charge in [-0.15, -0.1) is 0 Å². The van der Waals surface area contributed by atoms with E-state index in [4.69, 9.17) is 9.47 Å². The Morgan fingerprint density at radius 1 is 1.22 bits per heavy atom. The lowest BCUT2D eigenvalue weighted by Gasteiger charge is -2.14. The Bertz CT molecular complexity index is 726.